The van der Waals surface area contributed by atoms with Gasteiger partial charge in [0.25, 0.3) is 0 Å². The monoisotopic (exact) mass is 546 g/mol. The Morgan fingerprint density at radius 1 is 1.29 bits per heavy atom. The highest BCUT2D eigenvalue weighted by Gasteiger charge is 2.22. The molecule has 1 rings (SSSR count). The SMILES string of the molecule is COC(=O)CCCCC(CCSS/C(CCO)=C(\C)N(C=O)CC1CN=C(C)N=C1N)SC(C)=O. The lowest BCUT2D eigenvalue weighted by Gasteiger charge is -2.27. The number of hydrogen-bond donors (Lipinski definition) is 2. The average molecular weight is 547 g/mol. The summed E-state index contributed by atoms with van der Waals surface area (Å²) in [5.74, 6) is 1.57. The molecule has 1 heterocycles. The lowest BCUT2D eigenvalue weighted by molar-refractivity contribution is -0.140. The largest absolute Gasteiger partial charge is 0.469 e. The van der Waals surface area contributed by atoms with Crippen LogP contribution in [0.4, 0.5) is 0 Å². The zero-order valence-corrected chi connectivity index (χ0v) is 23.5. The fraction of sp³-hybridized carbons (Fsp3) is 0.696. The predicted molar refractivity (Wildman–Crippen MR) is 147 cm³/mol. The first-order valence-corrected chi connectivity index (χ1v) is 14.8. The Hall–Kier alpha value is -1.50. The van der Waals surface area contributed by atoms with E-state index in [2.05, 4.69) is 14.7 Å². The van der Waals surface area contributed by atoms with E-state index in [1.54, 1.807) is 40.3 Å². The maximum Gasteiger partial charge on any atom is 0.305 e. The maximum atomic E-state index is 11.8. The van der Waals surface area contributed by atoms with Gasteiger partial charge in [0.15, 0.2) is 5.12 Å². The number of carbonyl (C=O) groups is 3. The van der Waals surface area contributed by atoms with Gasteiger partial charge in [-0.2, -0.15) is 0 Å². The summed E-state index contributed by atoms with van der Waals surface area (Å²) in [5.41, 5.74) is 6.83. The molecule has 1 amide bonds. The van der Waals surface area contributed by atoms with E-state index in [1.165, 1.54) is 18.9 Å². The Morgan fingerprint density at radius 3 is 2.63 bits per heavy atom. The van der Waals surface area contributed by atoms with E-state index in [0.717, 1.165) is 48.4 Å². The molecule has 0 aromatic rings. The van der Waals surface area contributed by atoms with Crippen molar-refractivity contribution in [2.24, 2.45) is 21.6 Å². The second kappa shape index (κ2) is 17.9. The van der Waals surface area contributed by atoms with Crippen LogP contribution in [0, 0.1) is 5.92 Å². The number of nitrogens with two attached hydrogens (primary N) is 1. The molecule has 0 aliphatic carbocycles. The number of hydrogen-bond acceptors (Lipinski definition) is 11. The zero-order valence-electron chi connectivity index (χ0n) is 21.0. The Balaban J connectivity index is 2.65. The van der Waals surface area contributed by atoms with Crippen LogP contribution < -0.4 is 5.73 Å². The first-order valence-electron chi connectivity index (χ1n) is 11.6. The molecule has 0 aromatic carbocycles. The van der Waals surface area contributed by atoms with Crippen molar-refractivity contribution in [1.82, 2.24) is 4.90 Å². The number of amidine groups is 2. The van der Waals surface area contributed by atoms with Crippen molar-refractivity contribution in [3.8, 4) is 0 Å². The highest BCUT2D eigenvalue weighted by molar-refractivity contribution is 8.78. The molecular formula is C23H38N4O5S3. The third-order valence-electron chi connectivity index (χ3n) is 5.37. The normalized spacial score (nSPS) is 17.1. The third kappa shape index (κ3) is 12.9. The molecule has 0 radical (unpaired) electrons. The van der Waals surface area contributed by atoms with Gasteiger partial charge in [-0.1, -0.05) is 39.8 Å². The van der Waals surface area contributed by atoms with Crippen molar-refractivity contribution >= 4 is 62.5 Å². The van der Waals surface area contributed by atoms with Crippen LogP contribution in [0.5, 0.6) is 0 Å². The van der Waals surface area contributed by atoms with Gasteiger partial charge in [-0.25, -0.2) is 4.99 Å². The number of amides is 1. The van der Waals surface area contributed by atoms with Crippen molar-refractivity contribution in [3.05, 3.63) is 10.6 Å². The van der Waals surface area contributed by atoms with Crippen molar-refractivity contribution in [1.29, 1.82) is 0 Å². The Labute approximate surface area is 220 Å². The van der Waals surface area contributed by atoms with Crippen molar-refractivity contribution in [2.45, 2.75) is 64.5 Å². The molecule has 2 atom stereocenters. The smallest absolute Gasteiger partial charge is 0.305 e. The van der Waals surface area contributed by atoms with Crippen LogP contribution in [0.15, 0.2) is 20.6 Å². The summed E-state index contributed by atoms with van der Waals surface area (Å²) in [7, 11) is 4.58. The molecule has 2 unspecified atom stereocenters. The number of aliphatic hydroxyl groups is 1. The van der Waals surface area contributed by atoms with Crippen LogP contribution in [-0.2, 0) is 19.1 Å². The summed E-state index contributed by atoms with van der Waals surface area (Å²) in [6.07, 6.45) is 4.92. The second-order valence-electron chi connectivity index (χ2n) is 8.11. The number of nitrogens with zero attached hydrogens (tertiary/aromatic N) is 3. The predicted octanol–water partition coefficient (Wildman–Crippen LogP) is 3.62. The maximum absolute atomic E-state index is 11.8. The highest BCUT2D eigenvalue weighted by Crippen LogP contribution is 2.37. The Bertz CT molecular complexity index is 804. The van der Waals surface area contributed by atoms with E-state index in [4.69, 9.17) is 5.73 Å². The topological polar surface area (TPSA) is 135 Å². The van der Waals surface area contributed by atoms with Gasteiger partial charge in [-0.05, 0) is 33.1 Å². The molecule has 3 N–H and O–H groups in total. The number of aliphatic hydroxyl groups excluding tert-OH is 1. The van der Waals surface area contributed by atoms with Gasteiger partial charge in [0.05, 0.1) is 19.6 Å². The summed E-state index contributed by atoms with van der Waals surface area (Å²) in [6, 6.07) is 0. The summed E-state index contributed by atoms with van der Waals surface area (Å²) >= 11 is 1.35. The molecule has 9 nitrogen and oxygen atoms in total. The van der Waals surface area contributed by atoms with Crippen molar-refractivity contribution in [2.75, 3.05) is 32.6 Å². The number of aliphatic imine (C=N–C) groups is 2. The van der Waals surface area contributed by atoms with Gasteiger partial charge >= 0.3 is 5.97 Å². The van der Waals surface area contributed by atoms with Gasteiger partial charge in [0, 0.05) is 54.5 Å². The minimum atomic E-state index is -0.211. The molecule has 0 spiro atoms. The minimum Gasteiger partial charge on any atom is -0.469 e. The number of allylic oxidation sites excluding steroid dienone is 1. The molecule has 0 saturated heterocycles. The fourth-order valence-corrected chi connectivity index (χ4v) is 7.11. The van der Waals surface area contributed by atoms with E-state index < -0.39 is 0 Å². The van der Waals surface area contributed by atoms with E-state index in [0.29, 0.717) is 37.6 Å². The van der Waals surface area contributed by atoms with Crippen LogP contribution in [0.2, 0.25) is 0 Å². The van der Waals surface area contributed by atoms with Crippen LogP contribution in [0.25, 0.3) is 0 Å². The number of unbranched alkanes of at least 4 members (excludes halogenated alkanes) is 1. The molecule has 1 aliphatic rings. The third-order valence-corrected chi connectivity index (χ3v) is 9.18. The van der Waals surface area contributed by atoms with Crippen LogP contribution in [0.1, 0.15) is 59.3 Å². The van der Waals surface area contributed by atoms with Crippen molar-refractivity contribution < 1.29 is 24.2 Å². The molecule has 198 valence electrons. The highest BCUT2D eigenvalue weighted by atomic mass is 33.1. The van der Waals surface area contributed by atoms with Crippen molar-refractivity contribution in [3.63, 3.8) is 0 Å². The van der Waals surface area contributed by atoms with E-state index >= 15 is 0 Å². The number of ether oxygens (including phenoxy) is 1. The summed E-state index contributed by atoms with van der Waals surface area (Å²) < 4.78 is 4.67. The van der Waals surface area contributed by atoms with Crippen LogP contribution in [0.3, 0.4) is 0 Å². The minimum absolute atomic E-state index is 0.0214. The van der Waals surface area contributed by atoms with Gasteiger partial charge in [0.1, 0.15) is 11.7 Å². The van der Waals surface area contributed by atoms with Crippen LogP contribution >= 0.6 is 33.3 Å². The van der Waals surface area contributed by atoms with Crippen LogP contribution in [-0.4, -0.2) is 77.0 Å². The van der Waals surface area contributed by atoms with Gasteiger partial charge < -0.3 is 20.5 Å². The number of esters is 1. The van der Waals surface area contributed by atoms with E-state index in [-0.39, 0.29) is 28.9 Å². The average Bonchev–Trinajstić information content (AvgIpc) is 2.82. The number of carbonyl (C=O) groups excluding carboxylic acids is 3. The Kier molecular flexibility index (Phi) is 16.1. The molecule has 1 aliphatic heterocycles. The fourth-order valence-electron chi connectivity index (χ4n) is 3.37. The number of thioether (sulfide) groups is 1. The lowest BCUT2D eigenvalue weighted by atomic mass is 10.1. The molecule has 12 heteroatoms. The summed E-state index contributed by atoms with van der Waals surface area (Å²) in [4.78, 5) is 45.8. The quantitative estimate of drug-likeness (QED) is 0.121. The first kappa shape index (κ1) is 31.5. The number of methoxy groups -OCH3 is 1. The summed E-state index contributed by atoms with van der Waals surface area (Å²) in [5, 5.41) is 9.84. The first-order chi connectivity index (χ1) is 16.7. The molecular weight excluding hydrogens is 508 g/mol. The second-order valence-corrected chi connectivity index (χ2v) is 12.1. The zero-order chi connectivity index (χ0) is 26.2. The standard InChI is InChI=1S/C23H38N4O5S3/c1-16(27(15-29)14-19-13-25-17(2)26-23(19)24)21(9-11-28)35-33-12-10-20(34-18(3)30)7-5-6-8-22(31)32-4/h15,19-20,28H,5-14H2,1-4H3,(H2,24,25,26)/b21-16+. The lowest BCUT2D eigenvalue weighted by Crippen LogP contribution is -2.39. The molecule has 0 aromatic heterocycles. The summed E-state index contributed by atoms with van der Waals surface area (Å²) in [6.45, 7) is 6.08. The van der Waals surface area contributed by atoms with Gasteiger partial charge in [0.2, 0.25) is 6.41 Å². The van der Waals surface area contributed by atoms with Gasteiger partial charge in [-0.15, -0.1) is 0 Å². The van der Waals surface area contributed by atoms with E-state index in [1.807, 2.05) is 6.92 Å². The molecule has 0 bridgehead atoms. The molecule has 0 fully saturated rings. The van der Waals surface area contributed by atoms with Gasteiger partial charge in [-0.3, -0.25) is 19.4 Å². The number of rotatable bonds is 17. The van der Waals surface area contributed by atoms with E-state index in [9.17, 15) is 19.5 Å². The molecule has 0 saturated carbocycles. The Morgan fingerprint density at radius 2 is 2.03 bits per heavy atom. The molecule has 35 heavy (non-hydrogen) atoms.